The average Bonchev–Trinajstić information content (AvgIpc) is 2.96. The molecule has 0 amide bonds. The zero-order valence-electron chi connectivity index (χ0n) is 12.6. The quantitative estimate of drug-likeness (QED) is 0.521. The molecule has 0 saturated carbocycles. The first-order chi connectivity index (χ1) is 11.8. The molecule has 126 valence electrons. The molecule has 0 unspecified atom stereocenters. The number of hydrogen-bond donors (Lipinski definition) is 2. The van der Waals surface area contributed by atoms with Crippen LogP contribution in [0.1, 0.15) is 0 Å². The number of rotatable bonds is 2. The summed E-state index contributed by atoms with van der Waals surface area (Å²) in [5, 5.41) is 5.65. The summed E-state index contributed by atoms with van der Waals surface area (Å²) in [7, 11) is -3.89. The molecule has 9 heteroatoms. The van der Waals surface area contributed by atoms with Crippen LogP contribution in [0.5, 0.6) is 0 Å². The van der Waals surface area contributed by atoms with E-state index < -0.39 is 15.6 Å². The van der Waals surface area contributed by atoms with Crippen LogP contribution in [0.25, 0.3) is 33.5 Å². The first kappa shape index (κ1) is 15.4. The molecule has 25 heavy (non-hydrogen) atoms. The molecule has 2 aromatic heterocycles. The second-order valence-electron chi connectivity index (χ2n) is 5.37. The van der Waals surface area contributed by atoms with E-state index in [1.807, 2.05) is 0 Å². The fourth-order valence-electron chi connectivity index (χ4n) is 2.57. The molecule has 2 heterocycles. The first-order valence-corrected chi connectivity index (χ1v) is 8.64. The molecule has 0 bridgehead atoms. The number of hydrogen-bond acceptors (Lipinski definition) is 7. The van der Waals surface area contributed by atoms with Gasteiger partial charge in [0.05, 0.1) is 10.6 Å². The zero-order chi connectivity index (χ0) is 17.8. The maximum Gasteiger partial charge on any atom is 0.351 e. The van der Waals surface area contributed by atoms with Gasteiger partial charge in [-0.2, -0.15) is 0 Å². The standard InChI is InChI=1S/C16H11N3O5S/c17-14-9-3-1-2-4-11(9)24-16(20)13(14)15-19-10-6-5-8(25(18,21)22)7-12(10)23-15/h1-7H,17H2,(H2,18,21,22). The molecule has 8 nitrogen and oxygen atoms in total. The van der Waals surface area contributed by atoms with Gasteiger partial charge >= 0.3 is 5.63 Å². The van der Waals surface area contributed by atoms with Gasteiger partial charge < -0.3 is 14.6 Å². The fourth-order valence-corrected chi connectivity index (χ4v) is 3.09. The van der Waals surface area contributed by atoms with E-state index in [1.165, 1.54) is 18.2 Å². The van der Waals surface area contributed by atoms with Gasteiger partial charge in [-0.05, 0) is 24.3 Å². The number of nitrogens with zero attached hydrogens (tertiary/aromatic N) is 1. The molecule has 4 aromatic rings. The van der Waals surface area contributed by atoms with Crippen molar-refractivity contribution in [2.24, 2.45) is 5.14 Å². The minimum Gasteiger partial charge on any atom is -0.436 e. The van der Waals surface area contributed by atoms with Gasteiger partial charge in [-0.25, -0.2) is 23.3 Å². The van der Waals surface area contributed by atoms with Crippen LogP contribution in [0.4, 0.5) is 5.69 Å². The summed E-state index contributed by atoms with van der Waals surface area (Å²) in [4.78, 5) is 16.4. The molecule has 0 spiro atoms. The van der Waals surface area contributed by atoms with Gasteiger partial charge in [-0.1, -0.05) is 12.1 Å². The van der Waals surface area contributed by atoms with Crippen molar-refractivity contribution in [2.75, 3.05) is 5.73 Å². The molecule has 4 rings (SSSR count). The number of nitrogen functional groups attached to an aromatic ring is 1. The molecule has 2 aromatic carbocycles. The molecular weight excluding hydrogens is 346 g/mol. The van der Waals surface area contributed by atoms with E-state index in [9.17, 15) is 13.2 Å². The Morgan fingerprint density at radius 1 is 1.00 bits per heavy atom. The first-order valence-electron chi connectivity index (χ1n) is 7.10. The van der Waals surface area contributed by atoms with Gasteiger partial charge in [-0.3, -0.25) is 0 Å². The summed E-state index contributed by atoms with van der Waals surface area (Å²) < 4.78 is 33.7. The molecule has 0 atom stereocenters. The Kier molecular flexibility index (Phi) is 3.17. The highest BCUT2D eigenvalue weighted by Gasteiger charge is 2.20. The van der Waals surface area contributed by atoms with E-state index in [-0.39, 0.29) is 27.6 Å². The number of sulfonamides is 1. The van der Waals surface area contributed by atoms with E-state index in [0.29, 0.717) is 16.5 Å². The van der Waals surface area contributed by atoms with E-state index >= 15 is 0 Å². The number of anilines is 1. The summed E-state index contributed by atoms with van der Waals surface area (Å²) in [6, 6.07) is 10.8. The highest BCUT2D eigenvalue weighted by molar-refractivity contribution is 7.89. The van der Waals surface area contributed by atoms with Crippen LogP contribution in [-0.4, -0.2) is 13.4 Å². The van der Waals surface area contributed by atoms with Crippen LogP contribution < -0.4 is 16.5 Å². The van der Waals surface area contributed by atoms with Crippen molar-refractivity contribution >= 4 is 37.8 Å². The van der Waals surface area contributed by atoms with Gasteiger partial charge in [0.15, 0.2) is 5.58 Å². The lowest BCUT2D eigenvalue weighted by Gasteiger charge is -2.03. The molecule has 4 N–H and O–H groups in total. The number of para-hydroxylation sites is 1. The Morgan fingerprint density at radius 2 is 1.76 bits per heavy atom. The van der Waals surface area contributed by atoms with Crippen molar-refractivity contribution in [3.8, 4) is 11.5 Å². The van der Waals surface area contributed by atoms with E-state index in [2.05, 4.69) is 4.98 Å². The Balaban J connectivity index is 1.99. The van der Waals surface area contributed by atoms with Crippen molar-refractivity contribution in [3.05, 3.63) is 52.9 Å². The van der Waals surface area contributed by atoms with Crippen LogP contribution >= 0.6 is 0 Å². The fraction of sp³-hybridized carbons (Fsp3) is 0. The van der Waals surface area contributed by atoms with Crippen molar-refractivity contribution < 1.29 is 17.3 Å². The molecule has 0 radical (unpaired) electrons. The van der Waals surface area contributed by atoms with Gasteiger partial charge in [-0.15, -0.1) is 0 Å². The third-order valence-electron chi connectivity index (χ3n) is 3.76. The number of aromatic nitrogens is 1. The van der Waals surface area contributed by atoms with Gasteiger partial charge in [0.25, 0.3) is 0 Å². The second-order valence-corrected chi connectivity index (χ2v) is 6.93. The van der Waals surface area contributed by atoms with Crippen LogP contribution in [0.2, 0.25) is 0 Å². The normalized spacial score (nSPS) is 12.0. The molecule has 0 fully saturated rings. The average molecular weight is 357 g/mol. The van der Waals surface area contributed by atoms with Gasteiger partial charge in [0.2, 0.25) is 15.9 Å². The number of primary sulfonamides is 1. The smallest absolute Gasteiger partial charge is 0.351 e. The largest absolute Gasteiger partial charge is 0.436 e. The maximum atomic E-state index is 12.3. The summed E-state index contributed by atoms with van der Waals surface area (Å²) >= 11 is 0. The number of benzene rings is 2. The number of nitrogens with two attached hydrogens (primary N) is 2. The molecule has 0 saturated heterocycles. The highest BCUT2D eigenvalue weighted by atomic mass is 32.2. The lowest BCUT2D eigenvalue weighted by molar-refractivity contribution is 0.554. The lowest BCUT2D eigenvalue weighted by Crippen LogP contribution is -2.11. The van der Waals surface area contributed by atoms with E-state index in [1.54, 1.807) is 24.3 Å². The maximum absolute atomic E-state index is 12.3. The van der Waals surface area contributed by atoms with Crippen molar-refractivity contribution in [1.29, 1.82) is 0 Å². The topological polar surface area (TPSA) is 142 Å². The second kappa shape index (κ2) is 5.16. The zero-order valence-corrected chi connectivity index (χ0v) is 13.4. The van der Waals surface area contributed by atoms with E-state index in [4.69, 9.17) is 19.7 Å². The Hall–Kier alpha value is -3.17. The monoisotopic (exact) mass is 357 g/mol. The third-order valence-corrected chi connectivity index (χ3v) is 4.67. The highest BCUT2D eigenvalue weighted by Crippen LogP contribution is 2.31. The minimum absolute atomic E-state index is 0.0212. The summed E-state index contributed by atoms with van der Waals surface area (Å²) in [5.74, 6) is -0.0569. The van der Waals surface area contributed by atoms with Crippen molar-refractivity contribution in [2.45, 2.75) is 4.90 Å². The Morgan fingerprint density at radius 3 is 2.52 bits per heavy atom. The number of fused-ring (bicyclic) bond motifs is 2. The van der Waals surface area contributed by atoms with Gasteiger partial charge in [0, 0.05) is 11.5 Å². The Labute approximate surface area is 140 Å². The molecule has 0 aliphatic heterocycles. The predicted molar refractivity (Wildman–Crippen MR) is 91.3 cm³/mol. The van der Waals surface area contributed by atoms with Crippen LogP contribution in [0.3, 0.4) is 0 Å². The molecule has 0 aliphatic rings. The van der Waals surface area contributed by atoms with Crippen molar-refractivity contribution in [3.63, 3.8) is 0 Å². The van der Waals surface area contributed by atoms with Crippen LogP contribution in [0, 0.1) is 0 Å². The molecule has 0 aliphatic carbocycles. The molecular formula is C16H11N3O5S. The van der Waals surface area contributed by atoms with Gasteiger partial charge in [0.1, 0.15) is 16.7 Å². The van der Waals surface area contributed by atoms with Crippen LogP contribution in [-0.2, 0) is 10.0 Å². The number of oxazole rings is 1. The van der Waals surface area contributed by atoms with Crippen molar-refractivity contribution in [1.82, 2.24) is 4.98 Å². The van der Waals surface area contributed by atoms with E-state index in [0.717, 1.165) is 0 Å². The summed E-state index contributed by atoms with van der Waals surface area (Å²) in [5.41, 5.74) is 6.41. The summed E-state index contributed by atoms with van der Waals surface area (Å²) in [6.45, 7) is 0. The summed E-state index contributed by atoms with van der Waals surface area (Å²) in [6.07, 6.45) is 0. The lowest BCUT2D eigenvalue weighted by atomic mass is 10.1. The predicted octanol–water partition coefficient (Wildman–Crippen LogP) is 1.83. The third kappa shape index (κ3) is 2.46. The SMILES string of the molecule is Nc1c(-c2nc3ccc(S(N)(=O)=O)cc3o2)c(=O)oc2ccccc12. The minimum atomic E-state index is -3.89. The Bertz CT molecular complexity index is 1300. The van der Waals surface area contributed by atoms with Crippen LogP contribution in [0.15, 0.2) is 61.0 Å².